The van der Waals surface area contributed by atoms with Crippen LogP contribution in [0.2, 0.25) is 0 Å². The molecule has 0 aliphatic heterocycles. The minimum absolute atomic E-state index is 0.481. The van der Waals surface area contributed by atoms with Crippen LogP contribution >= 0.6 is 0 Å². The second-order valence-corrected chi connectivity index (χ2v) is 5.95. The molecule has 110 valence electrons. The SMILES string of the molecule is CC(C)(C)OC(=O)NC1(C(O)C(N)C(=O)O)CCC1. The number of alkyl carbamates (subject to hydrolysis) is 1. The second kappa shape index (κ2) is 5.34. The number of carbonyl (C=O) groups excluding carboxylic acids is 1. The van der Waals surface area contributed by atoms with Crippen molar-refractivity contribution in [2.24, 2.45) is 5.73 Å². The Morgan fingerprint density at radius 3 is 2.21 bits per heavy atom. The Hall–Kier alpha value is -1.34. The van der Waals surface area contributed by atoms with Gasteiger partial charge in [-0.15, -0.1) is 0 Å². The zero-order chi connectivity index (χ0) is 14.8. The molecule has 7 nitrogen and oxygen atoms in total. The third-order valence-electron chi connectivity index (χ3n) is 3.19. The molecule has 19 heavy (non-hydrogen) atoms. The number of aliphatic hydroxyl groups is 1. The largest absolute Gasteiger partial charge is 0.480 e. The average Bonchev–Trinajstić information content (AvgIpc) is 2.18. The minimum Gasteiger partial charge on any atom is -0.480 e. The van der Waals surface area contributed by atoms with E-state index in [4.69, 9.17) is 15.6 Å². The first-order valence-corrected chi connectivity index (χ1v) is 6.25. The fourth-order valence-electron chi connectivity index (χ4n) is 2.04. The summed E-state index contributed by atoms with van der Waals surface area (Å²) in [6, 6.07) is -1.43. The summed E-state index contributed by atoms with van der Waals surface area (Å²) in [5.74, 6) is -1.30. The van der Waals surface area contributed by atoms with Crippen LogP contribution in [-0.2, 0) is 9.53 Å². The number of carboxylic acid groups (broad SMARTS) is 1. The highest BCUT2D eigenvalue weighted by Gasteiger charge is 2.49. The first-order valence-electron chi connectivity index (χ1n) is 6.25. The Balaban J connectivity index is 2.71. The van der Waals surface area contributed by atoms with E-state index in [1.807, 2.05) is 0 Å². The van der Waals surface area contributed by atoms with Crippen molar-refractivity contribution in [2.45, 2.75) is 63.3 Å². The molecule has 2 unspecified atom stereocenters. The van der Waals surface area contributed by atoms with E-state index in [0.29, 0.717) is 12.8 Å². The standard InChI is InChI=1S/C12H22N2O5/c1-11(2,3)19-10(18)14-12(5-4-6-12)8(15)7(13)9(16)17/h7-8,15H,4-6,13H2,1-3H3,(H,14,18)(H,16,17). The van der Waals surface area contributed by atoms with Crippen LogP contribution in [0.1, 0.15) is 40.0 Å². The van der Waals surface area contributed by atoms with Crippen LogP contribution in [0, 0.1) is 0 Å². The number of hydrogen-bond donors (Lipinski definition) is 4. The van der Waals surface area contributed by atoms with Crippen molar-refractivity contribution in [2.75, 3.05) is 0 Å². The molecule has 0 aromatic carbocycles. The van der Waals surface area contributed by atoms with Crippen molar-refractivity contribution in [3.05, 3.63) is 0 Å². The Kier molecular flexibility index (Phi) is 4.42. The lowest BCUT2D eigenvalue weighted by atomic mass is 9.70. The number of aliphatic carboxylic acids is 1. The smallest absolute Gasteiger partial charge is 0.408 e. The van der Waals surface area contributed by atoms with E-state index in [1.54, 1.807) is 20.8 Å². The lowest BCUT2D eigenvalue weighted by Gasteiger charge is -2.46. The lowest BCUT2D eigenvalue weighted by Crippen LogP contribution is -2.67. The summed E-state index contributed by atoms with van der Waals surface area (Å²) < 4.78 is 5.11. The summed E-state index contributed by atoms with van der Waals surface area (Å²) >= 11 is 0. The zero-order valence-corrected chi connectivity index (χ0v) is 11.5. The molecule has 1 saturated carbocycles. The molecule has 2 atom stereocenters. The van der Waals surface area contributed by atoms with E-state index in [1.165, 1.54) is 0 Å². The highest BCUT2D eigenvalue weighted by molar-refractivity contribution is 5.75. The normalized spacial score (nSPS) is 20.9. The van der Waals surface area contributed by atoms with Crippen molar-refractivity contribution in [1.29, 1.82) is 0 Å². The number of ether oxygens (including phenoxy) is 1. The molecule has 0 radical (unpaired) electrons. The summed E-state index contributed by atoms with van der Waals surface area (Å²) in [7, 11) is 0. The number of aliphatic hydroxyl groups excluding tert-OH is 1. The van der Waals surface area contributed by atoms with Gasteiger partial charge in [-0.25, -0.2) is 4.79 Å². The Bertz CT molecular complexity index is 360. The number of nitrogens with two attached hydrogens (primary N) is 1. The number of carbonyl (C=O) groups is 2. The number of rotatable bonds is 4. The van der Waals surface area contributed by atoms with Gasteiger partial charge in [-0.3, -0.25) is 4.79 Å². The van der Waals surface area contributed by atoms with Crippen LogP contribution in [0.3, 0.4) is 0 Å². The average molecular weight is 274 g/mol. The number of amides is 1. The van der Waals surface area contributed by atoms with Gasteiger partial charge in [0.25, 0.3) is 0 Å². The van der Waals surface area contributed by atoms with E-state index in [2.05, 4.69) is 5.32 Å². The van der Waals surface area contributed by atoms with Crippen LogP contribution in [-0.4, -0.2) is 45.6 Å². The maximum Gasteiger partial charge on any atom is 0.408 e. The van der Waals surface area contributed by atoms with Gasteiger partial charge in [0.2, 0.25) is 0 Å². The molecule has 0 aromatic rings. The van der Waals surface area contributed by atoms with Gasteiger partial charge < -0.3 is 26.0 Å². The zero-order valence-electron chi connectivity index (χ0n) is 11.5. The van der Waals surface area contributed by atoms with Gasteiger partial charge in [0.15, 0.2) is 0 Å². The highest BCUT2D eigenvalue weighted by Crippen LogP contribution is 2.36. The summed E-state index contributed by atoms with van der Waals surface area (Å²) in [5, 5.41) is 21.4. The summed E-state index contributed by atoms with van der Waals surface area (Å²) in [6.07, 6.45) is -0.266. The van der Waals surface area contributed by atoms with Crippen LogP contribution in [0.25, 0.3) is 0 Å². The van der Waals surface area contributed by atoms with Crippen molar-refractivity contribution >= 4 is 12.1 Å². The van der Waals surface area contributed by atoms with E-state index in [0.717, 1.165) is 6.42 Å². The molecule has 1 aliphatic rings. The molecule has 0 spiro atoms. The molecule has 5 N–H and O–H groups in total. The molecule has 0 aromatic heterocycles. The van der Waals surface area contributed by atoms with E-state index < -0.39 is 35.3 Å². The van der Waals surface area contributed by atoms with Crippen LogP contribution in [0.4, 0.5) is 4.79 Å². The second-order valence-electron chi connectivity index (χ2n) is 5.95. The third-order valence-corrected chi connectivity index (χ3v) is 3.19. The van der Waals surface area contributed by atoms with Gasteiger partial charge in [0.1, 0.15) is 17.7 Å². The molecular formula is C12H22N2O5. The summed E-state index contributed by atoms with van der Waals surface area (Å²) in [5.41, 5.74) is 3.76. The van der Waals surface area contributed by atoms with E-state index >= 15 is 0 Å². The van der Waals surface area contributed by atoms with Crippen LogP contribution in [0.15, 0.2) is 0 Å². The monoisotopic (exact) mass is 274 g/mol. The molecule has 1 amide bonds. The fraction of sp³-hybridized carbons (Fsp3) is 0.833. The summed E-state index contributed by atoms with van der Waals surface area (Å²) in [6.45, 7) is 5.16. The number of nitrogens with one attached hydrogen (secondary N) is 1. The van der Waals surface area contributed by atoms with Gasteiger partial charge >= 0.3 is 12.1 Å². The number of carboxylic acids is 1. The summed E-state index contributed by atoms with van der Waals surface area (Å²) in [4.78, 5) is 22.5. The Morgan fingerprint density at radius 1 is 1.37 bits per heavy atom. The highest BCUT2D eigenvalue weighted by atomic mass is 16.6. The molecule has 1 fully saturated rings. The van der Waals surface area contributed by atoms with E-state index in [-0.39, 0.29) is 0 Å². The number of hydrogen-bond acceptors (Lipinski definition) is 5. The maximum absolute atomic E-state index is 11.7. The molecule has 1 rings (SSSR count). The predicted molar refractivity (Wildman–Crippen MR) is 67.6 cm³/mol. The Morgan fingerprint density at radius 2 is 1.89 bits per heavy atom. The third kappa shape index (κ3) is 3.81. The van der Waals surface area contributed by atoms with E-state index in [9.17, 15) is 14.7 Å². The minimum atomic E-state index is -1.43. The lowest BCUT2D eigenvalue weighted by molar-refractivity contribution is -0.144. The maximum atomic E-state index is 11.7. The fourth-order valence-corrected chi connectivity index (χ4v) is 2.04. The molecular weight excluding hydrogens is 252 g/mol. The topological polar surface area (TPSA) is 122 Å². The van der Waals surface area contributed by atoms with Crippen molar-refractivity contribution in [3.63, 3.8) is 0 Å². The first kappa shape index (κ1) is 15.7. The van der Waals surface area contributed by atoms with Gasteiger partial charge in [0, 0.05) is 0 Å². The predicted octanol–water partition coefficient (Wildman–Crippen LogP) is 0.207. The molecule has 7 heteroatoms. The van der Waals surface area contributed by atoms with Gasteiger partial charge in [-0.05, 0) is 40.0 Å². The Labute approximate surface area is 112 Å². The van der Waals surface area contributed by atoms with Crippen LogP contribution in [0.5, 0.6) is 0 Å². The quantitative estimate of drug-likeness (QED) is 0.581. The van der Waals surface area contributed by atoms with Crippen LogP contribution < -0.4 is 11.1 Å². The molecule has 1 aliphatic carbocycles. The van der Waals surface area contributed by atoms with Gasteiger partial charge in [0.05, 0.1) is 5.54 Å². The first-order chi connectivity index (χ1) is 8.57. The van der Waals surface area contributed by atoms with Gasteiger partial charge in [-0.2, -0.15) is 0 Å². The van der Waals surface area contributed by atoms with Crippen molar-refractivity contribution in [3.8, 4) is 0 Å². The van der Waals surface area contributed by atoms with Gasteiger partial charge in [-0.1, -0.05) is 0 Å². The molecule has 0 bridgehead atoms. The molecule has 0 saturated heterocycles. The van der Waals surface area contributed by atoms with Crippen molar-refractivity contribution < 1.29 is 24.5 Å². The van der Waals surface area contributed by atoms with Crippen molar-refractivity contribution in [1.82, 2.24) is 5.32 Å². The molecule has 0 heterocycles.